The van der Waals surface area contributed by atoms with Crippen LogP contribution in [0.3, 0.4) is 0 Å². The number of carbonyl (C=O) groups excluding carboxylic acids is 1. The van der Waals surface area contributed by atoms with E-state index in [1.54, 1.807) is 7.11 Å². The van der Waals surface area contributed by atoms with Crippen molar-refractivity contribution in [3.63, 3.8) is 0 Å². The first-order chi connectivity index (χ1) is 8.46. The van der Waals surface area contributed by atoms with Crippen LogP contribution < -0.4 is 5.32 Å². The quantitative estimate of drug-likeness (QED) is 0.791. The molecule has 1 aromatic rings. The zero-order valence-corrected chi connectivity index (χ0v) is 13.3. The molecule has 1 rings (SSSR count). The lowest BCUT2D eigenvalue weighted by atomic mass is 9.89. The number of ether oxygens (including phenoxy) is 1. The molecule has 0 aliphatic heterocycles. The van der Waals surface area contributed by atoms with Crippen LogP contribution in [0.5, 0.6) is 0 Å². The smallest absolute Gasteiger partial charge is 0.252 e. The van der Waals surface area contributed by atoms with Crippen molar-refractivity contribution in [3.8, 4) is 0 Å². The normalized spacial score (nSPS) is 11.3. The maximum absolute atomic E-state index is 12.0. The number of hydrogen-bond donors (Lipinski definition) is 1. The molecule has 0 aliphatic carbocycles. The molecule has 0 saturated heterocycles. The highest BCUT2D eigenvalue weighted by atomic mass is 127. The van der Waals surface area contributed by atoms with Gasteiger partial charge in [0.1, 0.15) is 0 Å². The molecule has 1 amide bonds. The SMILES string of the molecule is COCCC(C)(C)CNC(=O)c1ccccc1I. The van der Waals surface area contributed by atoms with E-state index >= 15 is 0 Å². The van der Waals surface area contributed by atoms with Crippen LogP contribution in [0, 0.1) is 8.99 Å². The highest BCUT2D eigenvalue weighted by Gasteiger charge is 2.19. The van der Waals surface area contributed by atoms with Crippen LogP contribution in [-0.2, 0) is 4.74 Å². The topological polar surface area (TPSA) is 38.3 Å². The van der Waals surface area contributed by atoms with E-state index < -0.39 is 0 Å². The molecule has 0 radical (unpaired) electrons. The minimum absolute atomic E-state index is 0.00880. The lowest BCUT2D eigenvalue weighted by Crippen LogP contribution is -2.35. The maximum atomic E-state index is 12.0. The van der Waals surface area contributed by atoms with Gasteiger partial charge in [0, 0.05) is 23.8 Å². The van der Waals surface area contributed by atoms with E-state index in [1.807, 2.05) is 24.3 Å². The summed E-state index contributed by atoms with van der Waals surface area (Å²) in [6.45, 7) is 5.62. The van der Waals surface area contributed by atoms with Crippen molar-refractivity contribution in [2.75, 3.05) is 20.3 Å². The summed E-state index contributed by atoms with van der Waals surface area (Å²) < 4.78 is 6.05. The maximum Gasteiger partial charge on any atom is 0.252 e. The van der Waals surface area contributed by atoms with Gasteiger partial charge in [-0.25, -0.2) is 0 Å². The highest BCUT2D eigenvalue weighted by molar-refractivity contribution is 14.1. The van der Waals surface area contributed by atoms with E-state index in [4.69, 9.17) is 4.74 Å². The fourth-order valence-corrected chi connectivity index (χ4v) is 2.16. The minimum Gasteiger partial charge on any atom is -0.385 e. The molecule has 0 aliphatic rings. The molecule has 100 valence electrons. The van der Waals surface area contributed by atoms with E-state index in [1.165, 1.54) is 0 Å². The second-order valence-corrected chi connectivity index (χ2v) is 6.23. The number of carbonyl (C=O) groups is 1. The van der Waals surface area contributed by atoms with Crippen molar-refractivity contribution in [1.82, 2.24) is 5.32 Å². The van der Waals surface area contributed by atoms with Crippen LogP contribution in [0.4, 0.5) is 0 Å². The van der Waals surface area contributed by atoms with Gasteiger partial charge < -0.3 is 10.1 Å². The van der Waals surface area contributed by atoms with Gasteiger partial charge in [0.2, 0.25) is 0 Å². The van der Waals surface area contributed by atoms with E-state index in [0.717, 1.165) is 15.6 Å². The van der Waals surface area contributed by atoms with Crippen LogP contribution in [0.2, 0.25) is 0 Å². The first kappa shape index (κ1) is 15.4. The summed E-state index contributed by atoms with van der Waals surface area (Å²) in [5, 5.41) is 2.99. The summed E-state index contributed by atoms with van der Waals surface area (Å²) in [4.78, 5) is 12.0. The number of halogens is 1. The molecule has 0 unspecified atom stereocenters. The number of nitrogens with one attached hydrogen (secondary N) is 1. The second kappa shape index (κ2) is 7.09. The summed E-state index contributed by atoms with van der Waals surface area (Å²) in [6.07, 6.45) is 0.926. The zero-order chi connectivity index (χ0) is 13.6. The molecule has 3 nitrogen and oxygen atoms in total. The molecular weight excluding hydrogens is 341 g/mol. The molecule has 0 aromatic heterocycles. The molecular formula is C14H20INO2. The second-order valence-electron chi connectivity index (χ2n) is 5.07. The van der Waals surface area contributed by atoms with Gasteiger partial charge in [-0.2, -0.15) is 0 Å². The largest absolute Gasteiger partial charge is 0.385 e. The number of rotatable bonds is 6. The summed E-state index contributed by atoms with van der Waals surface area (Å²) in [5.74, 6) is -0.00880. The molecule has 0 fully saturated rings. The molecule has 1 N–H and O–H groups in total. The van der Waals surface area contributed by atoms with Crippen molar-refractivity contribution in [1.29, 1.82) is 0 Å². The van der Waals surface area contributed by atoms with Gasteiger partial charge in [-0.1, -0.05) is 26.0 Å². The zero-order valence-electron chi connectivity index (χ0n) is 11.1. The minimum atomic E-state index is -0.00880. The first-order valence-electron chi connectivity index (χ1n) is 5.98. The predicted molar refractivity (Wildman–Crippen MR) is 81.8 cm³/mol. The Morgan fingerprint density at radius 3 is 2.67 bits per heavy atom. The van der Waals surface area contributed by atoms with Crippen molar-refractivity contribution >= 4 is 28.5 Å². The van der Waals surface area contributed by atoms with Crippen molar-refractivity contribution < 1.29 is 9.53 Å². The summed E-state index contributed by atoms with van der Waals surface area (Å²) in [6, 6.07) is 7.60. The molecule has 0 spiro atoms. The van der Waals surface area contributed by atoms with E-state index in [2.05, 4.69) is 41.8 Å². The van der Waals surface area contributed by atoms with Crippen molar-refractivity contribution in [2.24, 2.45) is 5.41 Å². The summed E-state index contributed by atoms with van der Waals surface area (Å²) in [7, 11) is 1.70. The molecule has 1 aromatic carbocycles. The van der Waals surface area contributed by atoms with Gasteiger partial charge in [0.15, 0.2) is 0 Å². The third-order valence-electron chi connectivity index (χ3n) is 2.83. The highest BCUT2D eigenvalue weighted by Crippen LogP contribution is 2.19. The molecule has 4 heteroatoms. The Bertz CT molecular complexity index is 405. The lowest BCUT2D eigenvalue weighted by molar-refractivity contribution is 0.0920. The molecule has 18 heavy (non-hydrogen) atoms. The molecule has 0 heterocycles. The van der Waals surface area contributed by atoms with Gasteiger partial charge in [0.25, 0.3) is 5.91 Å². The van der Waals surface area contributed by atoms with Crippen molar-refractivity contribution in [3.05, 3.63) is 33.4 Å². The lowest BCUT2D eigenvalue weighted by Gasteiger charge is -2.24. The summed E-state index contributed by atoms with van der Waals surface area (Å²) in [5.41, 5.74) is 0.784. The van der Waals surface area contributed by atoms with Gasteiger partial charge in [-0.15, -0.1) is 0 Å². The van der Waals surface area contributed by atoms with Gasteiger partial charge in [0.05, 0.1) is 5.56 Å². The number of amides is 1. The number of benzene rings is 1. The van der Waals surface area contributed by atoms with Gasteiger partial charge >= 0.3 is 0 Å². The van der Waals surface area contributed by atoms with E-state index in [0.29, 0.717) is 13.2 Å². The number of methoxy groups -OCH3 is 1. The van der Waals surface area contributed by atoms with Crippen LogP contribution in [0.1, 0.15) is 30.6 Å². The Morgan fingerprint density at radius 1 is 1.39 bits per heavy atom. The molecule has 0 atom stereocenters. The molecule has 0 bridgehead atoms. The third kappa shape index (κ3) is 4.94. The van der Waals surface area contributed by atoms with Crippen LogP contribution in [0.25, 0.3) is 0 Å². The fraction of sp³-hybridized carbons (Fsp3) is 0.500. The van der Waals surface area contributed by atoms with Crippen LogP contribution in [0.15, 0.2) is 24.3 Å². The van der Waals surface area contributed by atoms with Gasteiger partial charge in [-0.3, -0.25) is 4.79 Å². The van der Waals surface area contributed by atoms with Crippen LogP contribution in [-0.4, -0.2) is 26.2 Å². The average molecular weight is 361 g/mol. The average Bonchev–Trinajstić information content (AvgIpc) is 2.34. The fourth-order valence-electron chi connectivity index (χ4n) is 1.53. The Kier molecular flexibility index (Phi) is 6.08. The van der Waals surface area contributed by atoms with Crippen LogP contribution >= 0.6 is 22.6 Å². The Morgan fingerprint density at radius 2 is 2.06 bits per heavy atom. The summed E-state index contributed by atoms with van der Waals surface area (Å²) >= 11 is 2.18. The number of hydrogen-bond acceptors (Lipinski definition) is 2. The Labute approximate surface area is 122 Å². The van der Waals surface area contributed by atoms with Crippen molar-refractivity contribution in [2.45, 2.75) is 20.3 Å². The third-order valence-corrected chi connectivity index (χ3v) is 3.77. The standard InChI is InChI=1S/C14H20INO2/c1-14(2,8-9-18-3)10-16-13(17)11-6-4-5-7-12(11)15/h4-7H,8-10H2,1-3H3,(H,16,17). The monoisotopic (exact) mass is 361 g/mol. The van der Waals surface area contributed by atoms with Gasteiger partial charge in [-0.05, 0) is 46.6 Å². The van der Waals surface area contributed by atoms with E-state index in [-0.39, 0.29) is 11.3 Å². The molecule has 0 saturated carbocycles. The first-order valence-corrected chi connectivity index (χ1v) is 7.06. The Balaban J connectivity index is 2.54. The Hall–Kier alpha value is -0.620. The van der Waals surface area contributed by atoms with E-state index in [9.17, 15) is 4.79 Å². The predicted octanol–water partition coefficient (Wildman–Crippen LogP) is 3.08.